The number of phenols is 2. The van der Waals surface area contributed by atoms with Crippen LogP contribution < -0.4 is 5.11 Å². The zero-order valence-electron chi connectivity index (χ0n) is 12.9. The summed E-state index contributed by atoms with van der Waals surface area (Å²) in [5.74, 6) is -3.53. The quantitative estimate of drug-likeness (QED) is 0.234. The Labute approximate surface area is 142 Å². The number of hydrogen-bond donors (Lipinski definition) is 5. The number of aliphatic hydroxyl groups is 3. The number of carboxylic acid groups (broad SMARTS) is 1. The second-order valence-electron chi connectivity index (χ2n) is 5.84. The van der Waals surface area contributed by atoms with Crippen LogP contribution in [0.5, 0.6) is 11.5 Å². The fourth-order valence-electron chi connectivity index (χ4n) is 2.53. The highest BCUT2D eigenvalue weighted by Crippen LogP contribution is 2.31. The lowest BCUT2D eigenvalue weighted by Gasteiger charge is -2.41. The number of esters is 1. The van der Waals surface area contributed by atoms with Gasteiger partial charge in [0.2, 0.25) is 0 Å². The van der Waals surface area contributed by atoms with Crippen LogP contribution >= 0.6 is 0 Å². The molecule has 136 valence electrons. The Morgan fingerprint density at radius 3 is 2.48 bits per heavy atom. The predicted octanol–water partition coefficient (Wildman–Crippen LogP) is -1.98. The first-order chi connectivity index (χ1) is 11.6. The van der Waals surface area contributed by atoms with Crippen molar-refractivity contribution in [3.8, 4) is 11.5 Å². The van der Waals surface area contributed by atoms with E-state index < -0.39 is 48.7 Å². The van der Waals surface area contributed by atoms with Gasteiger partial charge < -0.3 is 40.2 Å². The van der Waals surface area contributed by atoms with Crippen LogP contribution in [0.25, 0.3) is 6.08 Å². The third kappa shape index (κ3) is 4.27. The average molecular weight is 353 g/mol. The van der Waals surface area contributed by atoms with Gasteiger partial charge in [-0.05, 0) is 23.8 Å². The van der Waals surface area contributed by atoms with Gasteiger partial charge in [0.25, 0.3) is 0 Å². The Morgan fingerprint density at radius 1 is 1.20 bits per heavy atom. The van der Waals surface area contributed by atoms with Crippen molar-refractivity contribution in [1.82, 2.24) is 0 Å². The second-order valence-corrected chi connectivity index (χ2v) is 5.84. The third-order valence-electron chi connectivity index (χ3n) is 3.92. The molecule has 0 aromatic heterocycles. The molecule has 0 spiro atoms. The SMILES string of the molecule is O=C(/C=C/c1ccc(O)c(O)c1)O[C@H]1C[C@](O)(C(=O)[O-])C[C@H](O)[C@@H]1O. The number of aromatic hydroxyl groups is 2. The average Bonchev–Trinajstić information content (AvgIpc) is 2.53. The van der Waals surface area contributed by atoms with Crippen LogP contribution in [0, 0.1) is 0 Å². The highest BCUT2D eigenvalue weighted by atomic mass is 16.6. The molecule has 0 radical (unpaired) electrons. The van der Waals surface area contributed by atoms with Gasteiger partial charge in [-0.15, -0.1) is 0 Å². The molecule has 1 aliphatic carbocycles. The van der Waals surface area contributed by atoms with Gasteiger partial charge in [-0.3, -0.25) is 0 Å². The van der Waals surface area contributed by atoms with E-state index in [1.165, 1.54) is 24.3 Å². The van der Waals surface area contributed by atoms with Crippen LogP contribution in [0.3, 0.4) is 0 Å². The highest BCUT2D eigenvalue weighted by Gasteiger charge is 2.46. The molecule has 0 heterocycles. The van der Waals surface area contributed by atoms with E-state index in [1.807, 2.05) is 0 Å². The van der Waals surface area contributed by atoms with Crippen molar-refractivity contribution in [1.29, 1.82) is 0 Å². The number of ether oxygens (including phenoxy) is 1. The zero-order valence-corrected chi connectivity index (χ0v) is 12.9. The van der Waals surface area contributed by atoms with Crippen LogP contribution in [0.15, 0.2) is 24.3 Å². The Morgan fingerprint density at radius 2 is 1.88 bits per heavy atom. The molecule has 0 unspecified atom stereocenters. The van der Waals surface area contributed by atoms with Crippen molar-refractivity contribution in [2.24, 2.45) is 0 Å². The predicted molar refractivity (Wildman–Crippen MR) is 79.9 cm³/mol. The number of aliphatic hydroxyl groups excluding tert-OH is 2. The fraction of sp³-hybridized carbons (Fsp3) is 0.375. The minimum absolute atomic E-state index is 0.333. The number of hydrogen-bond acceptors (Lipinski definition) is 9. The van der Waals surface area contributed by atoms with Crippen molar-refractivity contribution in [3.05, 3.63) is 29.8 Å². The van der Waals surface area contributed by atoms with Crippen molar-refractivity contribution in [2.45, 2.75) is 36.8 Å². The first-order valence-electron chi connectivity index (χ1n) is 7.33. The maximum absolute atomic E-state index is 11.8. The fourth-order valence-corrected chi connectivity index (χ4v) is 2.53. The normalized spacial score (nSPS) is 29.5. The molecule has 0 bridgehead atoms. The van der Waals surface area contributed by atoms with Crippen LogP contribution in [0.1, 0.15) is 18.4 Å². The summed E-state index contributed by atoms with van der Waals surface area (Å²) in [5, 5.41) is 58.9. The Hall–Kier alpha value is -2.62. The van der Waals surface area contributed by atoms with E-state index in [0.29, 0.717) is 5.56 Å². The van der Waals surface area contributed by atoms with Gasteiger partial charge in [-0.25, -0.2) is 4.79 Å². The summed E-state index contributed by atoms with van der Waals surface area (Å²) in [6.45, 7) is 0. The molecule has 2 rings (SSSR count). The van der Waals surface area contributed by atoms with E-state index in [-0.39, 0.29) is 11.5 Å². The van der Waals surface area contributed by atoms with E-state index in [4.69, 9.17) is 4.74 Å². The number of rotatable bonds is 4. The Balaban J connectivity index is 2.06. The van der Waals surface area contributed by atoms with Crippen LogP contribution in [-0.4, -0.2) is 61.4 Å². The number of aliphatic carboxylic acids is 1. The van der Waals surface area contributed by atoms with E-state index in [0.717, 1.165) is 6.08 Å². The van der Waals surface area contributed by atoms with Gasteiger partial charge in [0.1, 0.15) is 17.8 Å². The lowest BCUT2D eigenvalue weighted by atomic mass is 9.79. The summed E-state index contributed by atoms with van der Waals surface area (Å²) in [7, 11) is 0. The van der Waals surface area contributed by atoms with Crippen molar-refractivity contribution in [2.75, 3.05) is 0 Å². The second kappa shape index (κ2) is 7.09. The molecule has 1 saturated carbocycles. The molecular formula is C16H17O9-. The molecule has 1 fully saturated rings. The number of phenolic OH excluding ortho intramolecular Hbond substituents is 2. The molecule has 25 heavy (non-hydrogen) atoms. The standard InChI is InChI=1S/C16H18O9/c17-9-3-1-8(5-10(9)18)2-4-13(20)25-12-7-16(24,15(22)23)6-11(19)14(12)21/h1-5,11-12,14,17-19,21,24H,6-7H2,(H,22,23)/p-1/b4-2+/t11-,12-,14-,16-/m0/s1. The summed E-state index contributed by atoms with van der Waals surface area (Å²) in [6.07, 6.45) is -3.70. The molecule has 1 aliphatic rings. The first-order valence-corrected chi connectivity index (χ1v) is 7.33. The molecule has 0 aliphatic heterocycles. The minimum atomic E-state index is -2.42. The van der Waals surface area contributed by atoms with Crippen molar-refractivity contribution < 1.29 is 45.0 Å². The van der Waals surface area contributed by atoms with E-state index in [1.54, 1.807) is 0 Å². The largest absolute Gasteiger partial charge is 0.547 e. The molecule has 9 nitrogen and oxygen atoms in total. The molecular weight excluding hydrogens is 336 g/mol. The van der Waals surface area contributed by atoms with Gasteiger partial charge in [0.05, 0.1) is 12.1 Å². The minimum Gasteiger partial charge on any atom is -0.547 e. The number of carbonyl (C=O) groups is 2. The van der Waals surface area contributed by atoms with E-state index in [2.05, 4.69) is 0 Å². The van der Waals surface area contributed by atoms with Gasteiger partial charge in [0, 0.05) is 18.9 Å². The van der Waals surface area contributed by atoms with Gasteiger partial charge in [-0.1, -0.05) is 6.07 Å². The smallest absolute Gasteiger partial charge is 0.331 e. The molecule has 0 amide bonds. The zero-order chi connectivity index (χ0) is 18.8. The van der Waals surface area contributed by atoms with E-state index in [9.17, 15) is 40.2 Å². The first kappa shape index (κ1) is 18.7. The summed E-state index contributed by atoms with van der Waals surface area (Å²) in [4.78, 5) is 22.8. The number of carboxylic acids is 1. The lowest BCUT2D eigenvalue weighted by Crippen LogP contribution is -2.60. The molecule has 0 saturated heterocycles. The Bertz CT molecular complexity index is 699. The number of benzene rings is 1. The van der Waals surface area contributed by atoms with Crippen LogP contribution in [0.4, 0.5) is 0 Å². The summed E-state index contributed by atoms with van der Waals surface area (Å²) >= 11 is 0. The van der Waals surface area contributed by atoms with Gasteiger partial charge in [-0.2, -0.15) is 0 Å². The lowest BCUT2D eigenvalue weighted by molar-refractivity contribution is -0.331. The summed E-state index contributed by atoms with van der Waals surface area (Å²) in [5.41, 5.74) is -2.06. The van der Waals surface area contributed by atoms with Gasteiger partial charge >= 0.3 is 5.97 Å². The molecule has 1 aromatic carbocycles. The maximum Gasteiger partial charge on any atom is 0.331 e. The molecule has 4 atom stereocenters. The summed E-state index contributed by atoms with van der Waals surface area (Å²) < 4.78 is 4.90. The molecule has 1 aromatic rings. The van der Waals surface area contributed by atoms with Crippen molar-refractivity contribution >= 4 is 18.0 Å². The summed E-state index contributed by atoms with van der Waals surface area (Å²) in [6, 6.07) is 3.81. The van der Waals surface area contributed by atoms with Crippen LogP contribution in [0.2, 0.25) is 0 Å². The van der Waals surface area contributed by atoms with Gasteiger partial charge in [0.15, 0.2) is 11.5 Å². The number of carbonyl (C=O) groups excluding carboxylic acids is 2. The van der Waals surface area contributed by atoms with Crippen LogP contribution in [-0.2, 0) is 14.3 Å². The third-order valence-corrected chi connectivity index (χ3v) is 3.92. The van der Waals surface area contributed by atoms with Crippen molar-refractivity contribution in [3.63, 3.8) is 0 Å². The monoisotopic (exact) mass is 353 g/mol. The Kier molecular flexibility index (Phi) is 5.31. The molecule has 5 N–H and O–H groups in total. The van der Waals surface area contributed by atoms with E-state index >= 15 is 0 Å². The topological polar surface area (TPSA) is 168 Å². The molecule has 9 heteroatoms. The maximum atomic E-state index is 11.8. The highest BCUT2D eigenvalue weighted by molar-refractivity contribution is 5.87.